The number of nitrogens with two attached hydrogens (primary N) is 1. The van der Waals surface area contributed by atoms with E-state index in [1.54, 1.807) is 0 Å². The number of hydrogen-bond acceptors (Lipinski definition) is 6. The van der Waals surface area contributed by atoms with Gasteiger partial charge in [-0.15, -0.1) is 11.3 Å². The van der Waals surface area contributed by atoms with Crippen molar-refractivity contribution in [3.05, 3.63) is 82.3 Å². The van der Waals surface area contributed by atoms with Gasteiger partial charge < -0.3 is 15.6 Å². The average molecular weight is 501 g/mol. The van der Waals surface area contributed by atoms with Gasteiger partial charge >= 0.3 is 0 Å². The fourth-order valence-corrected chi connectivity index (χ4v) is 5.10. The standard InChI is InChI=1S/C27H25FN6OS/c1-16-3-8-21(28)27-20(16)11-17(2)34(27)10-9-30-25-12-22(31-15-32-25)18-4-6-19(7-5-18)23-14-36-26(33-23)13-24(29)35/h3-8,11-12,14-15H,9-10,13H2,1-2H3,(H2,29,35)(H,30,31,32). The molecule has 182 valence electrons. The quantitative estimate of drug-likeness (QED) is 0.308. The Kier molecular flexibility index (Phi) is 6.47. The van der Waals surface area contributed by atoms with Crippen LogP contribution >= 0.6 is 11.3 Å². The van der Waals surface area contributed by atoms with Crippen LogP contribution in [0.5, 0.6) is 0 Å². The molecular weight excluding hydrogens is 475 g/mol. The van der Waals surface area contributed by atoms with Gasteiger partial charge in [0.15, 0.2) is 0 Å². The average Bonchev–Trinajstić information content (AvgIpc) is 3.46. The normalized spacial score (nSPS) is 11.2. The number of aromatic nitrogens is 4. The molecular formula is C27H25FN6OS. The molecule has 3 N–H and O–H groups in total. The number of primary amides is 1. The van der Waals surface area contributed by atoms with Crippen LogP contribution < -0.4 is 11.1 Å². The lowest BCUT2D eigenvalue weighted by molar-refractivity contribution is -0.117. The van der Waals surface area contributed by atoms with Crippen LogP contribution in [-0.4, -0.2) is 32.0 Å². The zero-order chi connectivity index (χ0) is 25.2. The Morgan fingerprint density at radius 1 is 1.06 bits per heavy atom. The number of halogens is 1. The predicted octanol–water partition coefficient (Wildman–Crippen LogP) is 5.12. The molecule has 0 unspecified atom stereocenters. The Hall–Kier alpha value is -4.11. The molecule has 0 saturated heterocycles. The third-order valence-electron chi connectivity index (χ3n) is 6.10. The summed E-state index contributed by atoms with van der Waals surface area (Å²) >= 11 is 1.42. The van der Waals surface area contributed by atoms with Gasteiger partial charge in [-0.1, -0.05) is 30.3 Å². The molecule has 9 heteroatoms. The summed E-state index contributed by atoms with van der Waals surface area (Å²) in [6.45, 7) is 5.19. The summed E-state index contributed by atoms with van der Waals surface area (Å²) in [4.78, 5) is 24.4. The molecule has 0 aliphatic rings. The van der Waals surface area contributed by atoms with Crippen molar-refractivity contribution >= 4 is 34.0 Å². The summed E-state index contributed by atoms with van der Waals surface area (Å²) in [5.74, 6) is 0.0992. The van der Waals surface area contributed by atoms with E-state index in [1.807, 2.05) is 66.3 Å². The maximum atomic E-state index is 14.5. The molecule has 3 heterocycles. The number of fused-ring (bicyclic) bond motifs is 1. The van der Waals surface area contributed by atoms with E-state index in [9.17, 15) is 9.18 Å². The molecule has 3 aromatic heterocycles. The second kappa shape index (κ2) is 9.87. The van der Waals surface area contributed by atoms with Crippen LogP contribution in [0.2, 0.25) is 0 Å². The smallest absolute Gasteiger partial charge is 0.224 e. The van der Waals surface area contributed by atoms with Crippen molar-refractivity contribution < 1.29 is 9.18 Å². The first kappa shape index (κ1) is 23.6. The topological polar surface area (TPSA) is 98.7 Å². The Morgan fingerprint density at radius 2 is 1.81 bits per heavy atom. The van der Waals surface area contributed by atoms with E-state index in [1.165, 1.54) is 23.7 Å². The number of aryl methyl sites for hydroxylation is 2. The van der Waals surface area contributed by atoms with Gasteiger partial charge in [-0.05, 0) is 31.5 Å². The molecule has 0 aliphatic heterocycles. The van der Waals surface area contributed by atoms with Crippen molar-refractivity contribution in [2.45, 2.75) is 26.8 Å². The van der Waals surface area contributed by atoms with Crippen LogP contribution in [0.25, 0.3) is 33.4 Å². The van der Waals surface area contributed by atoms with Crippen LogP contribution in [0.1, 0.15) is 16.3 Å². The highest BCUT2D eigenvalue weighted by atomic mass is 32.1. The van der Waals surface area contributed by atoms with Gasteiger partial charge in [-0.3, -0.25) is 4.79 Å². The number of carbonyl (C=O) groups excluding carboxylic acids is 1. The summed E-state index contributed by atoms with van der Waals surface area (Å²) in [7, 11) is 0. The fourth-order valence-electron chi connectivity index (χ4n) is 4.28. The van der Waals surface area contributed by atoms with Gasteiger partial charge in [0.05, 0.1) is 23.3 Å². The molecule has 2 aromatic carbocycles. The number of thiazole rings is 1. The molecule has 0 spiro atoms. The van der Waals surface area contributed by atoms with E-state index < -0.39 is 5.91 Å². The van der Waals surface area contributed by atoms with Crippen molar-refractivity contribution in [1.82, 2.24) is 19.5 Å². The van der Waals surface area contributed by atoms with Crippen molar-refractivity contribution in [3.8, 4) is 22.5 Å². The Balaban J connectivity index is 1.28. The number of nitrogens with one attached hydrogen (secondary N) is 1. The van der Waals surface area contributed by atoms with Crippen molar-refractivity contribution in [2.24, 2.45) is 5.73 Å². The molecule has 0 radical (unpaired) electrons. The third-order valence-corrected chi connectivity index (χ3v) is 6.95. The van der Waals surface area contributed by atoms with E-state index >= 15 is 0 Å². The van der Waals surface area contributed by atoms with Crippen LogP contribution in [0.15, 0.2) is 60.2 Å². The predicted molar refractivity (Wildman–Crippen MR) is 141 cm³/mol. The van der Waals surface area contributed by atoms with Crippen molar-refractivity contribution in [3.63, 3.8) is 0 Å². The van der Waals surface area contributed by atoms with Gasteiger partial charge in [0.2, 0.25) is 5.91 Å². The summed E-state index contributed by atoms with van der Waals surface area (Å²) in [6, 6.07) is 15.2. The lowest BCUT2D eigenvalue weighted by Gasteiger charge is -2.11. The molecule has 36 heavy (non-hydrogen) atoms. The summed E-state index contributed by atoms with van der Waals surface area (Å²) in [5.41, 5.74) is 11.5. The largest absolute Gasteiger partial charge is 0.369 e. The molecule has 0 fully saturated rings. The highest BCUT2D eigenvalue weighted by Crippen LogP contribution is 2.27. The minimum absolute atomic E-state index is 0.147. The summed E-state index contributed by atoms with van der Waals surface area (Å²) < 4.78 is 16.5. The van der Waals surface area contributed by atoms with Gasteiger partial charge in [0.1, 0.15) is 23.0 Å². The monoisotopic (exact) mass is 500 g/mol. The number of amides is 1. The van der Waals surface area contributed by atoms with E-state index in [2.05, 4.69) is 20.3 Å². The maximum Gasteiger partial charge on any atom is 0.224 e. The fraction of sp³-hybridized carbons (Fsp3) is 0.185. The van der Waals surface area contributed by atoms with Crippen LogP contribution in [0.3, 0.4) is 0 Å². The first-order valence-electron chi connectivity index (χ1n) is 11.5. The summed E-state index contributed by atoms with van der Waals surface area (Å²) in [6.07, 6.45) is 1.68. The van der Waals surface area contributed by atoms with E-state index in [0.717, 1.165) is 39.2 Å². The lowest BCUT2D eigenvalue weighted by atomic mass is 10.1. The SMILES string of the molecule is Cc1ccc(F)c2c1cc(C)n2CCNc1cc(-c2ccc(-c3csc(CC(N)=O)n3)cc2)ncn1. The molecule has 5 rings (SSSR count). The van der Waals surface area contributed by atoms with Crippen molar-refractivity contribution in [2.75, 3.05) is 11.9 Å². The van der Waals surface area contributed by atoms with Crippen LogP contribution in [-0.2, 0) is 17.8 Å². The minimum atomic E-state index is -0.390. The second-order valence-corrected chi connectivity index (χ2v) is 9.57. The number of carbonyl (C=O) groups is 1. The Morgan fingerprint density at radius 3 is 2.56 bits per heavy atom. The number of benzene rings is 2. The molecule has 0 saturated carbocycles. The Labute approximate surface area is 211 Å². The zero-order valence-electron chi connectivity index (χ0n) is 20.0. The van der Waals surface area contributed by atoms with Gasteiger partial charge in [0.25, 0.3) is 0 Å². The van der Waals surface area contributed by atoms with Crippen LogP contribution in [0, 0.1) is 19.7 Å². The second-order valence-electron chi connectivity index (χ2n) is 8.63. The first-order valence-corrected chi connectivity index (χ1v) is 12.4. The van der Waals surface area contributed by atoms with E-state index in [0.29, 0.717) is 29.4 Å². The number of hydrogen-bond donors (Lipinski definition) is 2. The molecule has 0 bridgehead atoms. The number of nitrogens with zero attached hydrogens (tertiary/aromatic N) is 4. The number of rotatable bonds is 8. The zero-order valence-corrected chi connectivity index (χ0v) is 20.8. The maximum absolute atomic E-state index is 14.5. The highest BCUT2D eigenvalue weighted by molar-refractivity contribution is 7.10. The number of anilines is 1. The molecule has 0 aliphatic carbocycles. The first-order chi connectivity index (χ1) is 17.4. The Bertz CT molecular complexity index is 1560. The summed E-state index contributed by atoms with van der Waals surface area (Å²) in [5, 5.41) is 6.90. The van der Waals surface area contributed by atoms with E-state index in [-0.39, 0.29) is 12.2 Å². The van der Waals surface area contributed by atoms with Crippen molar-refractivity contribution in [1.29, 1.82) is 0 Å². The lowest BCUT2D eigenvalue weighted by Crippen LogP contribution is -2.13. The molecule has 0 atom stereocenters. The van der Waals surface area contributed by atoms with Crippen LogP contribution in [0.4, 0.5) is 10.2 Å². The minimum Gasteiger partial charge on any atom is -0.369 e. The van der Waals surface area contributed by atoms with E-state index in [4.69, 9.17) is 5.73 Å². The van der Waals surface area contributed by atoms with Gasteiger partial charge in [-0.25, -0.2) is 19.3 Å². The highest BCUT2D eigenvalue weighted by Gasteiger charge is 2.12. The van der Waals surface area contributed by atoms with Gasteiger partial charge in [0, 0.05) is 46.7 Å². The third kappa shape index (κ3) is 4.83. The van der Waals surface area contributed by atoms with Gasteiger partial charge in [-0.2, -0.15) is 0 Å². The molecule has 7 nitrogen and oxygen atoms in total. The molecule has 1 amide bonds. The molecule has 5 aromatic rings.